The van der Waals surface area contributed by atoms with Crippen molar-refractivity contribution in [3.05, 3.63) is 29.8 Å². The van der Waals surface area contributed by atoms with E-state index in [0.717, 1.165) is 24.5 Å². The molecule has 0 spiro atoms. The molecule has 0 radical (unpaired) electrons. The van der Waals surface area contributed by atoms with Gasteiger partial charge in [-0.1, -0.05) is 19.1 Å². The smallest absolute Gasteiger partial charge is 0.224 e. The van der Waals surface area contributed by atoms with Gasteiger partial charge in [0, 0.05) is 12.0 Å². The van der Waals surface area contributed by atoms with Gasteiger partial charge in [0.15, 0.2) is 0 Å². The van der Waals surface area contributed by atoms with E-state index in [1.165, 1.54) is 0 Å². The zero-order valence-corrected chi connectivity index (χ0v) is 11.6. The molecule has 0 unspecified atom stereocenters. The molecule has 1 amide bonds. The monoisotopic (exact) mass is 263 g/mol. The van der Waals surface area contributed by atoms with Crippen LogP contribution in [0.3, 0.4) is 0 Å². The molecular formula is C15H21NO3. The Kier molecular flexibility index (Phi) is 4.43. The second-order valence-corrected chi connectivity index (χ2v) is 5.33. The first-order valence-electron chi connectivity index (χ1n) is 6.67. The third-order valence-corrected chi connectivity index (χ3v) is 3.21. The van der Waals surface area contributed by atoms with Crippen molar-refractivity contribution >= 4 is 5.91 Å². The molecule has 1 N–H and O–H groups in total. The average molecular weight is 263 g/mol. The van der Waals surface area contributed by atoms with Crippen LogP contribution in [0.1, 0.15) is 19.4 Å². The molecular weight excluding hydrogens is 242 g/mol. The Labute approximate surface area is 114 Å². The van der Waals surface area contributed by atoms with Crippen molar-refractivity contribution in [1.29, 1.82) is 0 Å². The molecule has 1 heterocycles. The van der Waals surface area contributed by atoms with E-state index in [2.05, 4.69) is 12.2 Å². The normalized spacial score (nSPS) is 16.5. The van der Waals surface area contributed by atoms with Crippen LogP contribution in [-0.4, -0.2) is 32.3 Å². The summed E-state index contributed by atoms with van der Waals surface area (Å²) in [5, 5.41) is 2.96. The van der Waals surface area contributed by atoms with E-state index in [0.29, 0.717) is 19.6 Å². The molecule has 1 aromatic carbocycles. The Morgan fingerprint density at radius 1 is 1.37 bits per heavy atom. The van der Waals surface area contributed by atoms with Gasteiger partial charge < -0.3 is 14.8 Å². The SMILES string of the molecule is CCOc1ccc(CC(=O)NCC2(C)COC2)cc1. The molecule has 1 aromatic rings. The van der Waals surface area contributed by atoms with Crippen molar-refractivity contribution in [3.63, 3.8) is 0 Å². The lowest BCUT2D eigenvalue weighted by Crippen LogP contribution is -2.48. The van der Waals surface area contributed by atoms with Crippen LogP contribution in [0.25, 0.3) is 0 Å². The number of carbonyl (C=O) groups excluding carboxylic acids is 1. The largest absolute Gasteiger partial charge is 0.494 e. The number of nitrogens with one attached hydrogen (secondary N) is 1. The topological polar surface area (TPSA) is 47.6 Å². The van der Waals surface area contributed by atoms with Gasteiger partial charge >= 0.3 is 0 Å². The standard InChI is InChI=1S/C15H21NO3/c1-3-19-13-6-4-12(5-7-13)8-14(17)16-9-15(2)10-18-11-15/h4-7H,3,8-11H2,1-2H3,(H,16,17). The van der Waals surface area contributed by atoms with E-state index in [4.69, 9.17) is 9.47 Å². The molecule has 104 valence electrons. The minimum atomic E-state index is 0.0530. The highest BCUT2D eigenvalue weighted by Gasteiger charge is 2.33. The third-order valence-electron chi connectivity index (χ3n) is 3.21. The van der Waals surface area contributed by atoms with E-state index in [1.54, 1.807) is 0 Å². The van der Waals surface area contributed by atoms with Gasteiger partial charge in [-0.3, -0.25) is 4.79 Å². The molecule has 0 bridgehead atoms. The number of amides is 1. The van der Waals surface area contributed by atoms with Crippen LogP contribution >= 0.6 is 0 Å². The van der Waals surface area contributed by atoms with Crippen LogP contribution < -0.4 is 10.1 Å². The molecule has 4 heteroatoms. The van der Waals surface area contributed by atoms with Crippen molar-refractivity contribution < 1.29 is 14.3 Å². The summed E-state index contributed by atoms with van der Waals surface area (Å²) in [7, 11) is 0. The molecule has 1 fully saturated rings. The van der Waals surface area contributed by atoms with Gasteiger partial charge in [-0.25, -0.2) is 0 Å². The summed E-state index contributed by atoms with van der Waals surface area (Å²) in [6.07, 6.45) is 0.406. The van der Waals surface area contributed by atoms with E-state index >= 15 is 0 Å². The molecule has 0 saturated carbocycles. The summed E-state index contributed by atoms with van der Waals surface area (Å²) in [6.45, 7) is 6.87. The molecule has 1 aliphatic rings. The minimum Gasteiger partial charge on any atom is -0.494 e. The Hall–Kier alpha value is -1.55. The molecule has 1 saturated heterocycles. The number of carbonyl (C=O) groups is 1. The maximum absolute atomic E-state index is 11.8. The Morgan fingerprint density at radius 3 is 2.58 bits per heavy atom. The second kappa shape index (κ2) is 6.06. The summed E-state index contributed by atoms with van der Waals surface area (Å²) in [4.78, 5) is 11.8. The summed E-state index contributed by atoms with van der Waals surface area (Å²) >= 11 is 0. The maximum Gasteiger partial charge on any atom is 0.224 e. The van der Waals surface area contributed by atoms with Crippen molar-refractivity contribution in [2.45, 2.75) is 20.3 Å². The maximum atomic E-state index is 11.8. The Morgan fingerprint density at radius 2 is 2.05 bits per heavy atom. The highest BCUT2D eigenvalue weighted by Crippen LogP contribution is 2.25. The number of rotatable bonds is 6. The van der Waals surface area contributed by atoms with Gasteiger partial charge in [0.2, 0.25) is 5.91 Å². The van der Waals surface area contributed by atoms with Crippen molar-refractivity contribution in [2.75, 3.05) is 26.4 Å². The van der Waals surface area contributed by atoms with Crippen molar-refractivity contribution in [3.8, 4) is 5.75 Å². The average Bonchev–Trinajstić information content (AvgIpc) is 2.37. The van der Waals surface area contributed by atoms with Crippen LogP contribution in [0.2, 0.25) is 0 Å². The summed E-state index contributed by atoms with van der Waals surface area (Å²) in [5.41, 5.74) is 1.12. The van der Waals surface area contributed by atoms with Crippen LogP contribution in [0.15, 0.2) is 24.3 Å². The summed E-state index contributed by atoms with van der Waals surface area (Å²) < 4.78 is 10.5. The molecule has 2 rings (SSSR count). The number of hydrogen-bond donors (Lipinski definition) is 1. The van der Waals surface area contributed by atoms with Gasteiger partial charge in [-0.05, 0) is 24.6 Å². The van der Waals surface area contributed by atoms with Crippen LogP contribution in [0, 0.1) is 5.41 Å². The molecule has 1 aliphatic heterocycles. The first-order chi connectivity index (χ1) is 9.11. The molecule has 0 aromatic heterocycles. The van der Waals surface area contributed by atoms with Crippen LogP contribution in [0.5, 0.6) is 5.75 Å². The summed E-state index contributed by atoms with van der Waals surface area (Å²) in [6, 6.07) is 7.65. The van der Waals surface area contributed by atoms with Gasteiger partial charge in [0.25, 0.3) is 0 Å². The zero-order chi connectivity index (χ0) is 13.7. The van der Waals surface area contributed by atoms with Crippen LogP contribution in [0.4, 0.5) is 0 Å². The highest BCUT2D eigenvalue weighted by atomic mass is 16.5. The fraction of sp³-hybridized carbons (Fsp3) is 0.533. The van der Waals surface area contributed by atoms with E-state index in [1.807, 2.05) is 31.2 Å². The van der Waals surface area contributed by atoms with E-state index in [-0.39, 0.29) is 11.3 Å². The number of hydrogen-bond acceptors (Lipinski definition) is 3. The Bertz CT molecular complexity index is 424. The first kappa shape index (κ1) is 13.9. The quantitative estimate of drug-likeness (QED) is 0.851. The fourth-order valence-electron chi connectivity index (χ4n) is 1.98. The van der Waals surface area contributed by atoms with Gasteiger partial charge in [-0.15, -0.1) is 0 Å². The van der Waals surface area contributed by atoms with E-state index in [9.17, 15) is 4.79 Å². The molecule has 4 nitrogen and oxygen atoms in total. The predicted octanol–water partition coefficient (Wildman–Crippen LogP) is 1.78. The van der Waals surface area contributed by atoms with Gasteiger partial charge in [-0.2, -0.15) is 0 Å². The van der Waals surface area contributed by atoms with Gasteiger partial charge in [0.1, 0.15) is 5.75 Å². The fourth-order valence-corrected chi connectivity index (χ4v) is 1.98. The summed E-state index contributed by atoms with van der Waals surface area (Å²) in [5.74, 6) is 0.892. The van der Waals surface area contributed by atoms with Crippen LogP contribution in [-0.2, 0) is 16.0 Å². The first-order valence-corrected chi connectivity index (χ1v) is 6.67. The lowest BCUT2D eigenvalue weighted by molar-refractivity contribution is -0.126. The van der Waals surface area contributed by atoms with Crippen molar-refractivity contribution in [1.82, 2.24) is 5.32 Å². The zero-order valence-electron chi connectivity index (χ0n) is 11.6. The van der Waals surface area contributed by atoms with E-state index < -0.39 is 0 Å². The number of benzene rings is 1. The lowest BCUT2D eigenvalue weighted by Gasteiger charge is -2.38. The van der Waals surface area contributed by atoms with Gasteiger partial charge in [0.05, 0.1) is 26.2 Å². The lowest BCUT2D eigenvalue weighted by atomic mass is 9.89. The second-order valence-electron chi connectivity index (χ2n) is 5.33. The Balaban J connectivity index is 1.78. The predicted molar refractivity (Wildman–Crippen MR) is 73.3 cm³/mol. The molecule has 19 heavy (non-hydrogen) atoms. The molecule has 0 aliphatic carbocycles. The third kappa shape index (κ3) is 3.96. The van der Waals surface area contributed by atoms with Crippen molar-refractivity contribution in [2.24, 2.45) is 5.41 Å². The molecule has 0 atom stereocenters. The minimum absolute atomic E-state index is 0.0530. The highest BCUT2D eigenvalue weighted by molar-refractivity contribution is 5.78. The number of ether oxygens (including phenoxy) is 2.